The lowest BCUT2D eigenvalue weighted by Gasteiger charge is -2.29. The number of nitrogens with one attached hydrogen (secondary N) is 1. The number of hydrogen-bond donors (Lipinski definition) is 1. The normalized spacial score (nSPS) is 17.8. The summed E-state index contributed by atoms with van der Waals surface area (Å²) in [6, 6.07) is 19.2. The molecule has 0 radical (unpaired) electrons. The second-order valence-electron chi connectivity index (χ2n) is 8.11. The number of pyridine rings is 1. The molecule has 1 fully saturated rings. The van der Waals surface area contributed by atoms with E-state index in [-0.39, 0.29) is 11.8 Å². The van der Waals surface area contributed by atoms with Crippen molar-refractivity contribution >= 4 is 11.8 Å². The lowest BCUT2D eigenvalue weighted by Crippen LogP contribution is -2.44. The Morgan fingerprint density at radius 1 is 1.09 bits per heavy atom. The molecule has 1 unspecified atom stereocenters. The number of carbonyl (C=O) groups is 2. The fourth-order valence-corrected chi connectivity index (χ4v) is 4.56. The first-order valence-electron chi connectivity index (χ1n) is 10.7. The predicted molar refractivity (Wildman–Crippen MR) is 123 cm³/mol. The van der Waals surface area contributed by atoms with Crippen LogP contribution in [0.5, 0.6) is 5.75 Å². The summed E-state index contributed by atoms with van der Waals surface area (Å²) < 4.78 is 5.37. The van der Waals surface area contributed by atoms with Crippen LogP contribution in [-0.4, -0.2) is 48.9 Å². The van der Waals surface area contributed by atoms with E-state index in [1.165, 1.54) is 0 Å². The zero-order chi connectivity index (χ0) is 22.6. The molecule has 2 aromatic carbocycles. The topological polar surface area (TPSA) is 71.5 Å². The first kappa shape index (κ1) is 21.6. The predicted octanol–water partition coefficient (Wildman–Crippen LogP) is 3.58. The summed E-state index contributed by atoms with van der Waals surface area (Å²) in [5.74, 6) is 0.374. The fraction of sp³-hybridized carbons (Fsp3) is 0.269. The molecule has 2 amide bonds. The maximum absolute atomic E-state index is 13.3. The van der Waals surface area contributed by atoms with Gasteiger partial charge in [0.15, 0.2) is 0 Å². The van der Waals surface area contributed by atoms with Crippen molar-refractivity contribution in [2.24, 2.45) is 5.41 Å². The van der Waals surface area contributed by atoms with Gasteiger partial charge in [0.25, 0.3) is 5.91 Å². The van der Waals surface area contributed by atoms with E-state index >= 15 is 0 Å². The van der Waals surface area contributed by atoms with Gasteiger partial charge in [0.05, 0.1) is 18.1 Å². The fourth-order valence-electron chi connectivity index (χ4n) is 4.56. The third-order valence-corrected chi connectivity index (χ3v) is 6.21. The number of amides is 2. The van der Waals surface area contributed by atoms with Crippen molar-refractivity contribution in [3.05, 3.63) is 84.2 Å². The summed E-state index contributed by atoms with van der Waals surface area (Å²) in [6.45, 7) is 0.865. The molecule has 1 N–H and O–H groups in total. The Bertz CT molecular complexity index is 1120. The highest BCUT2D eigenvalue weighted by atomic mass is 16.5. The third kappa shape index (κ3) is 4.08. The van der Waals surface area contributed by atoms with E-state index in [1.807, 2.05) is 42.6 Å². The zero-order valence-electron chi connectivity index (χ0n) is 18.4. The van der Waals surface area contributed by atoms with E-state index in [1.54, 1.807) is 37.4 Å². The molecular weight excluding hydrogens is 402 g/mol. The van der Waals surface area contributed by atoms with Crippen LogP contribution in [0.4, 0.5) is 0 Å². The summed E-state index contributed by atoms with van der Waals surface area (Å²) in [7, 11) is 3.21. The molecule has 6 heteroatoms. The van der Waals surface area contributed by atoms with Gasteiger partial charge in [-0.25, -0.2) is 0 Å². The number of ether oxygens (including phenoxy) is 1. The Morgan fingerprint density at radius 3 is 2.62 bits per heavy atom. The Kier molecular flexibility index (Phi) is 6.21. The van der Waals surface area contributed by atoms with Crippen molar-refractivity contribution in [1.82, 2.24) is 15.2 Å². The molecule has 3 aromatic rings. The molecule has 1 aliphatic heterocycles. The molecule has 0 spiro atoms. The van der Waals surface area contributed by atoms with Crippen LogP contribution < -0.4 is 10.1 Å². The molecule has 1 aromatic heterocycles. The number of nitrogens with zero attached hydrogens (tertiary/aromatic N) is 2. The molecule has 6 nitrogen and oxygen atoms in total. The van der Waals surface area contributed by atoms with E-state index in [2.05, 4.69) is 22.4 Å². The van der Waals surface area contributed by atoms with Gasteiger partial charge in [-0.3, -0.25) is 14.6 Å². The number of para-hydroxylation sites is 1. The zero-order valence-corrected chi connectivity index (χ0v) is 18.4. The number of benzene rings is 2. The van der Waals surface area contributed by atoms with Gasteiger partial charge < -0.3 is 15.0 Å². The molecular formula is C26H27N3O3. The van der Waals surface area contributed by atoms with Gasteiger partial charge >= 0.3 is 0 Å². The van der Waals surface area contributed by atoms with Crippen LogP contribution in [-0.2, 0) is 11.2 Å². The minimum Gasteiger partial charge on any atom is -0.496 e. The molecule has 0 bridgehead atoms. The van der Waals surface area contributed by atoms with Crippen LogP contribution in [0.25, 0.3) is 11.1 Å². The quantitative estimate of drug-likeness (QED) is 0.650. The Morgan fingerprint density at radius 2 is 1.88 bits per heavy atom. The molecule has 1 saturated heterocycles. The molecule has 164 valence electrons. The van der Waals surface area contributed by atoms with Crippen molar-refractivity contribution in [2.45, 2.75) is 12.8 Å². The summed E-state index contributed by atoms with van der Waals surface area (Å²) in [4.78, 5) is 32.4. The van der Waals surface area contributed by atoms with E-state index in [0.29, 0.717) is 37.2 Å². The molecule has 0 aliphatic carbocycles. The summed E-state index contributed by atoms with van der Waals surface area (Å²) in [5, 5.41) is 2.84. The Balaban J connectivity index is 1.65. The van der Waals surface area contributed by atoms with Gasteiger partial charge in [0.2, 0.25) is 5.91 Å². The van der Waals surface area contributed by atoms with Crippen LogP contribution in [0.3, 0.4) is 0 Å². The first-order chi connectivity index (χ1) is 15.6. The van der Waals surface area contributed by atoms with E-state index in [4.69, 9.17) is 4.74 Å². The maximum Gasteiger partial charge on any atom is 0.257 e. The third-order valence-electron chi connectivity index (χ3n) is 6.21. The first-order valence-corrected chi connectivity index (χ1v) is 10.7. The van der Waals surface area contributed by atoms with Crippen molar-refractivity contribution < 1.29 is 14.3 Å². The molecule has 2 heterocycles. The Labute approximate surface area is 188 Å². The molecule has 0 saturated carbocycles. The number of likely N-dealkylation sites (tertiary alicyclic amines) is 1. The average molecular weight is 430 g/mol. The molecule has 32 heavy (non-hydrogen) atoms. The van der Waals surface area contributed by atoms with Crippen molar-refractivity contribution in [3.8, 4) is 16.9 Å². The van der Waals surface area contributed by atoms with Crippen LogP contribution in [0.1, 0.15) is 22.3 Å². The minimum atomic E-state index is -0.704. The number of aromatic nitrogens is 1. The lowest BCUT2D eigenvalue weighted by molar-refractivity contribution is -0.129. The monoisotopic (exact) mass is 429 g/mol. The Hall–Kier alpha value is -3.67. The summed E-state index contributed by atoms with van der Waals surface area (Å²) in [6.07, 6.45) is 4.70. The highest BCUT2D eigenvalue weighted by Crippen LogP contribution is 2.38. The molecule has 1 aliphatic rings. The van der Waals surface area contributed by atoms with Crippen LogP contribution in [0.15, 0.2) is 73.1 Å². The number of hydrogen-bond acceptors (Lipinski definition) is 4. The number of carbonyl (C=O) groups excluding carboxylic acids is 2. The van der Waals surface area contributed by atoms with Gasteiger partial charge in [-0.2, -0.15) is 0 Å². The van der Waals surface area contributed by atoms with Gasteiger partial charge in [0, 0.05) is 38.1 Å². The maximum atomic E-state index is 13.3. The molecule has 1 atom stereocenters. The lowest BCUT2D eigenvalue weighted by atomic mass is 9.78. The van der Waals surface area contributed by atoms with Gasteiger partial charge in [-0.1, -0.05) is 42.5 Å². The summed E-state index contributed by atoms with van der Waals surface area (Å²) in [5.41, 5.74) is 2.94. The standard InChI is InChI=1S/C26H27N3O3/c1-27-25(31)26(16-19-8-3-4-10-21(19)20-9-7-14-28-17-20)13-15-29(18-26)24(30)22-11-5-6-12-23(22)32-2/h3-12,14,17H,13,15-16,18H2,1-2H3,(H,27,31). The number of rotatable bonds is 6. The molecule has 4 rings (SSSR count). The van der Waals surface area contributed by atoms with Crippen LogP contribution in [0, 0.1) is 5.41 Å². The second kappa shape index (κ2) is 9.22. The summed E-state index contributed by atoms with van der Waals surface area (Å²) >= 11 is 0. The highest BCUT2D eigenvalue weighted by Gasteiger charge is 2.46. The smallest absolute Gasteiger partial charge is 0.257 e. The van der Waals surface area contributed by atoms with E-state index < -0.39 is 5.41 Å². The van der Waals surface area contributed by atoms with Crippen LogP contribution in [0.2, 0.25) is 0 Å². The van der Waals surface area contributed by atoms with E-state index in [9.17, 15) is 9.59 Å². The van der Waals surface area contributed by atoms with Crippen molar-refractivity contribution in [1.29, 1.82) is 0 Å². The van der Waals surface area contributed by atoms with Crippen molar-refractivity contribution in [3.63, 3.8) is 0 Å². The minimum absolute atomic E-state index is 0.0474. The second-order valence-corrected chi connectivity index (χ2v) is 8.11. The highest BCUT2D eigenvalue weighted by molar-refractivity contribution is 5.98. The van der Waals surface area contributed by atoms with E-state index in [0.717, 1.165) is 16.7 Å². The van der Waals surface area contributed by atoms with Gasteiger partial charge in [0.1, 0.15) is 5.75 Å². The van der Waals surface area contributed by atoms with Crippen LogP contribution >= 0.6 is 0 Å². The average Bonchev–Trinajstić information content (AvgIpc) is 3.29. The van der Waals surface area contributed by atoms with Gasteiger partial charge in [-0.05, 0) is 42.2 Å². The number of methoxy groups -OCH3 is 1. The SMILES string of the molecule is CNC(=O)C1(Cc2ccccc2-c2cccnc2)CCN(C(=O)c2ccccc2OC)C1. The van der Waals surface area contributed by atoms with Crippen molar-refractivity contribution in [2.75, 3.05) is 27.2 Å². The largest absolute Gasteiger partial charge is 0.496 e. The van der Waals surface area contributed by atoms with Gasteiger partial charge in [-0.15, -0.1) is 0 Å².